The lowest BCUT2D eigenvalue weighted by atomic mass is 9.98. The number of aliphatic carboxylic acids is 1. The highest BCUT2D eigenvalue weighted by atomic mass is 16.5. The van der Waals surface area contributed by atoms with Gasteiger partial charge in [-0.3, -0.25) is 9.59 Å². The third-order valence-electron chi connectivity index (χ3n) is 5.22. The third-order valence-corrected chi connectivity index (χ3v) is 5.22. The van der Waals surface area contributed by atoms with E-state index in [9.17, 15) is 14.4 Å². The van der Waals surface area contributed by atoms with E-state index in [0.29, 0.717) is 0 Å². The molecule has 2 N–H and O–H groups in total. The van der Waals surface area contributed by atoms with Crippen molar-refractivity contribution in [2.24, 2.45) is 0 Å². The molecule has 3 rings (SSSR count). The van der Waals surface area contributed by atoms with Gasteiger partial charge in [-0.05, 0) is 29.2 Å². The molecular formula is C24H26N2O5. The zero-order chi connectivity index (χ0) is 22.4. The fraction of sp³-hybridized carbons (Fsp3) is 0.292. The number of carboxylic acid groups (broad SMARTS) is 1. The zero-order valence-corrected chi connectivity index (χ0v) is 17.4. The summed E-state index contributed by atoms with van der Waals surface area (Å²) in [6, 6.07) is 15.6. The highest BCUT2D eigenvalue weighted by Gasteiger charge is 2.29. The molecule has 1 atom stereocenters. The number of fused-ring (bicyclic) bond motifs is 3. The summed E-state index contributed by atoms with van der Waals surface area (Å²) in [4.78, 5) is 36.7. The lowest BCUT2D eigenvalue weighted by molar-refractivity contribution is -0.144. The van der Waals surface area contributed by atoms with Crippen LogP contribution in [-0.4, -0.2) is 53.7 Å². The molecule has 1 aliphatic carbocycles. The predicted octanol–water partition coefficient (Wildman–Crippen LogP) is 3.40. The van der Waals surface area contributed by atoms with Gasteiger partial charge < -0.3 is 20.1 Å². The Hall–Kier alpha value is -3.61. The van der Waals surface area contributed by atoms with Crippen molar-refractivity contribution in [3.8, 4) is 11.1 Å². The number of carboxylic acids is 1. The molecule has 0 radical (unpaired) electrons. The van der Waals surface area contributed by atoms with Gasteiger partial charge in [0.05, 0.1) is 0 Å². The molecule has 162 valence electrons. The molecule has 31 heavy (non-hydrogen) atoms. The Balaban J connectivity index is 1.56. The van der Waals surface area contributed by atoms with Gasteiger partial charge in [0.25, 0.3) is 0 Å². The fourth-order valence-electron chi connectivity index (χ4n) is 3.86. The molecule has 7 nitrogen and oxygen atoms in total. The first kappa shape index (κ1) is 22.1. The van der Waals surface area contributed by atoms with E-state index in [1.807, 2.05) is 36.4 Å². The number of carbonyl (C=O) groups is 3. The largest absolute Gasteiger partial charge is 0.480 e. The van der Waals surface area contributed by atoms with Crippen molar-refractivity contribution in [3.63, 3.8) is 0 Å². The van der Waals surface area contributed by atoms with Crippen molar-refractivity contribution in [2.75, 3.05) is 19.7 Å². The standard InChI is InChI=1S/C24H26N2O5/c1-3-12-26(14-23(28)29)22(27)13-16(2)25-24(30)31-15-21-19-10-6-4-8-17(19)18-9-5-7-11-20(18)21/h3-11,16,21H,1,12-15H2,2H3,(H,25,30)(H,28,29)/t16-/m1/s1. The normalized spacial score (nSPS) is 12.9. The fourth-order valence-corrected chi connectivity index (χ4v) is 3.86. The van der Waals surface area contributed by atoms with Crippen molar-refractivity contribution in [1.29, 1.82) is 0 Å². The summed E-state index contributed by atoms with van der Waals surface area (Å²) in [5, 5.41) is 11.6. The Morgan fingerprint density at radius 3 is 2.26 bits per heavy atom. The van der Waals surface area contributed by atoms with E-state index in [-0.39, 0.29) is 31.4 Å². The molecule has 0 saturated heterocycles. The van der Waals surface area contributed by atoms with E-state index in [0.717, 1.165) is 22.3 Å². The summed E-state index contributed by atoms with van der Waals surface area (Å²) < 4.78 is 5.48. The second-order valence-corrected chi connectivity index (χ2v) is 7.53. The van der Waals surface area contributed by atoms with Crippen LogP contribution in [0.3, 0.4) is 0 Å². The first-order chi connectivity index (χ1) is 14.9. The Bertz CT molecular complexity index is 942. The van der Waals surface area contributed by atoms with Gasteiger partial charge in [-0.2, -0.15) is 0 Å². The first-order valence-corrected chi connectivity index (χ1v) is 10.1. The number of hydrogen-bond donors (Lipinski definition) is 2. The SMILES string of the molecule is C=CCN(CC(=O)O)C(=O)C[C@@H](C)NC(=O)OCC1c2ccccc2-c2ccccc21. The number of ether oxygens (including phenoxy) is 1. The second kappa shape index (κ2) is 9.93. The number of nitrogens with one attached hydrogen (secondary N) is 1. The molecule has 0 fully saturated rings. The number of alkyl carbamates (subject to hydrolysis) is 1. The summed E-state index contributed by atoms with van der Waals surface area (Å²) in [7, 11) is 0. The number of hydrogen-bond acceptors (Lipinski definition) is 4. The molecule has 0 saturated carbocycles. The maximum Gasteiger partial charge on any atom is 0.407 e. The minimum atomic E-state index is -1.10. The van der Waals surface area contributed by atoms with Gasteiger partial charge in [0, 0.05) is 24.9 Å². The topological polar surface area (TPSA) is 95.9 Å². The van der Waals surface area contributed by atoms with Crippen LogP contribution in [0.25, 0.3) is 11.1 Å². The highest BCUT2D eigenvalue weighted by Crippen LogP contribution is 2.44. The van der Waals surface area contributed by atoms with Gasteiger partial charge in [-0.1, -0.05) is 54.6 Å². The maximum absolute atomic E-state index is 12.3. The molecule has 0 aromatic heterocycles. The number of amides is 2. The van der Waals surface area contributed by atoms with Crippen LogP contribution in [-0.2, 0) is 14.3 Å². The molecule has 0 unspecified atom stereocenters. The van der Waals surface area contributed by atoms with E-state index in [1.54, 1.807) is 6.92 Å². The van der Waals surface area contributed by atoms with Crippen LogP contribution in [0.1, 0.15) is 30.4 Å². The van der Waals surface area contributed by atoms with Crippen LogP contribution < -0.4 is 5.32 Å². The average molecular weight is 422 g/mol. The summed E-state index contributed by atoms with van der Waals surface area (Å²) in [5.41, 5.74) is 4.53. The van der Waals surface area contributed by atoms with Crippen molar-refractivity contribution in [3.05, 3.63) is 72.3 Å². The van der Waals surface area contributed by atoms with Gasteiger partial charge in [0.2, 0.25) is 5.91 Å². The van der Waals surface area contributed by atoms with Gasteiger partial charge in [0.15, 0.2) is 0 Å². The first-order valence-electron chi connectivity index (χ1n) is 10.1. The molecule has 0 spiro atoms. The van der Waals surface area contributed by atoms with E-state index in [4.69, 9.17) is 9.84 Å². The van der Waals surface area contributed by atoms with Crippen LogP contribution in [0.5, 0.6) is 0 Å². The van der Waals surface area contributed by atoms with Crippen LogP contribution in [0.4, 0.5) is 4.79 Å². The van der Waals surface area contributed by atoms with Crippen molar-refractivity contribution in [1.82, 2.24) is 10.2 Å². The molecule has 2 aromatic rings. The second-order valence-electron chi connectivity index (χ2n) is 7.53. The smallest absolute Gasteiger partial charge is 0.407 e. The van der Waals surface area contributed by atoms with Crippen LogP contribution in [0.15, 0.2) is 61.2 Å². The number of rotatable bonds is 9. The van der Waals surface area contributed by atoms with E-state index >= 15 is 0 Å². The van der Waals surface area contributed by atoms with Crippen molar-refractivity contribution >= 4 is 18.0 Å². The van der Waals surface area contributed by atoms with Gasteiger partial charge >= 0.3 is 12.1 Å². The van der Waals surface area contributed by atoms with Gasteiger partial charge in [-0.15, -0.1) is 6.58 Å². The summed E-state index contributed by atoms with van der Waals surface area (Å²) in [6.45, 7) is 5.10. The Morgan fingerprint density at radius 1 is 1.13 bits per heavy atom. The van der Waals surface area contributed by atoms with Crippen molar-refractivity contribution in [2.45, 2.75) is 25.3 Å². The Kier molecular flexibility index (Phi) is 7.07. The van der Waals surface area contributed by atoms with Gasteiger partial charge in [0.1, 0.15) is 13.2 Å². The quantitative estimate of drug-likeness (QED) is 0.604. The molecule has 7 heteroatoms. The van der Waals surface area contributed by atoms with E-state index in [2.05, 4.69) is 24.0 Å². The third kappa shape index (κ3) is 5.31. The predicted molar refractivity (Wildman–Crippen MR) is 117 cm³/mol. The highest BCUT2D eigenvalue weighted by molar-refractivity contribution is 5.82. The summed E-state index contributed by atoms with van der Waals surface area (Å²) in [6.07, 6.45) is 0.811. The molecule has 1 aliphatic rings. The maximum atomic E-state index is 12.3. The summed E-state index contributed by atoms with van der Waals surface area (Å²) in [5.74, 6) is -1.53. The monoisotopic (exact) mass is 422 g/mol. The van der Waals surface area contributed by atoms with E-state index < -0.39 is 24.6 Å². The lowest BCUT2D eigenvalue weighted by Gasteiger charge is -2.22. The minimum Gasteiger partial charge on any atom is -0.480 e. The molecule has 2 aromatic carbocycles. The van der Waals surface area contributed by atoms with Crippen LogP contribution >= 0.6 is 0 Å². The zero-order valence-electron chi connectivity index (χ0n) is 17.4. The summed E-state index contributed by atoms with van der Waals surface area (Å²) >= 11 is 0. The molecule has 0 bridgehead atoms. The average Bonchev–Trinajstić information content (AvgIpc) is 3.05. The van der Waals surface area contributed by atoms with Crippen LogP contribution in [0.2, 0.25) is 0 Å². The number of nitrogens with zero attached hydrogens (tertiary/aromatic N) is 1. The minimum absolute atomic E-state index is 0.0364. The molecule has 0 aliphatic heterocycles. The van der Waals surface area contributed by atoms with Gasteiger partial charge in [-0.25, -0.2) is 4.79 Å². The van der Waals surface area contributed by atoms with E-state index in [1.165, 1.54) is 11.0 Å². The number of carbonyl (C=O) groups excluding carboxylic acids is 2. The Morgan fingerprint density at radius 2 is 1.71 bits per heavy atom. The molecule has 0 heterocycles. The molecule has 2 amide bonds. The molecular weight excluding hydrogens is 396 g/mol. The lowest BCUT2D eigenvalue weighted by Crippen LogP contribution is -2.41. The van der Waals surface area contributed by atoms with Crippen molar-refractivity contribution < 1.29 is 24.2 Å². The number of benzene rings is 2. The Labute approximate surface area is 181 Å². The van der Waals surface area contributed by atoms with Crippen LogP contribution in [0, 0.1) is 0 Å².